The van der Waals surface area contributed by atoms with E-state index in [9.17, 15) is 8.42 Å². The van der Waals surface area contributed by atoms with Gasteiger partial charge in [-0.3, -0.25) is 9.29 Å². The molecular formula is C22H20ClN5O4S. The summed E-state index contributed by atoms with van der Waals surface area (Å²) >= 11 is 6.05. The minimum atomic E-state index is -3.83. The lowest BCUT2D eigenvalue weighted by molar-refractivity contribution is 0.414. The Hall–Kier alpha value is -3.63. The van der Waals surface area contributed by atoms with E-state index in [1.54, 1.807) is 49.6 Å². The van der Waals surface area contributed by atoms with Crippen molar-refractivity contribution >= 4 is 27.3 Å². The third-order valence-corrected chi connectivity index (χ3v) is 6.31. The summed E-state index contributed by atoms with van der Waals surface area (Å²) in [6.07, 6.45) is 3.49. The molecule has 0 amide bonds. The topological polar surface area (TPSA) is 108 Å². The third-order valence-electron chi connectivity index (χ3n) is 4.64. The Balaban J connectivity index is 1.51. The van der Waals surface area contributed by atoms with Crippen LogP contribution in [0.1, 0.15) is 11.6 Å². The molecule has 9 nitrogen and oxygen atoms in total. The molecule has 2 aromatic heterocycles. The lowest BCUT2D eigenvalue weighted by Gasteiger charge is -2.11. The predicted octanol–water partition coefficient (Wildman–Crippen LogP) is 4.53. The van der Waals surface area contributed by atoms with E-state index in [0.29, 0.717) is 34.7 Å². The number of hydrogen-bond donors (Lipinski definition) is 1. The molecule has 2 aromatic carbocycles. The number of sulfonamides is 1. The van der Waals surface area contributed by atoms with E-state index in [1.807, 2.05) is 11.5 Å². The summed E-state index contributed by atoms with van der Waals surface area (Å²) in [5, 5.41) is 0.203. The fourth-order valence-electron chi connectivity index (χ4n) is 3.06. The lowest BCUT2D eigenvalue weighted by atomic mass is 10.3. The summed E-state index contributed by atoms with van der Waals surface area (Å²) in [5.74, 6) is 3.19. The number of halogens is 1. The van der Waals surface area contributed by atoms with Crippen molar-refractivity contribution in [2.24, 2.45) is 0 Å². The fraction of sp³-hybridized carbons (Fsp3) is 0.136. The molecular weight excluding hydrogens is 466 g/mol. The molecule has 4 rings (SSSR count). The highest BCUT2D eigenvalue weighted by atomic mass is 35.5. The lowest BCUT2D eigenvalue weighted by Crippen LogP contribution is -2.12. The second-order valence-electron chi connectivity index (χ2n) is 6.98. The van der Waals surface area contributed by atoms with Crippen molar-refractivity contribution in [1.82, 2.24) is 19.5 Å². The number of benzene rings is 2. The number of rotatable bonds is 7. The first kappa shape index (κ1) is 22.6. The number of imidazole rings is 1. The molecule has 0 unspecified atom stereocenters. The van der Waals surface area contributed by atoms with Gasteiger partial charge in [0.2, 0.25) is 5.88 Å². The van der Waals surface area contributed by atoms with Crippen molar-refractivity contribution in [2.75, 3.05) is 11.8 Å². The Kier molecular flexibility index (Phi) is 6.21. The first-order chi connectivity index (χ1) is 15.7. The number of ether oxygens (including phenoxy) is 2. The maximum absolute atomic E-state index is 12.7. The molecule has 0 aliphatic rings. The predicted molar refractivity (Wildman–Crippen MR) is 124 cm³/mol. The number of aryl methyl sites for hydroxylation is 2. The van der Waals surface area contributed by atoms with Crippen LogP contribution in [0.3, 0.4) is 0 Å². The molecule has 4 aromatic rings. The first-order valence-corrected chi connectivity index (χ1v) is 11.6. The second kappa shape index (κ2) is 9.08. The fourth-order valence-corrected chi connectivity index (χ4v) is 4.47. The van der Waals surface area contributed by atoms with Crippen molar-refractivity contribution in [3.8, 4) is 23.2 Å². The minimum absolute atomic E-state index is 0.0208. The molecule has 2 heterocycles. The number of nitrogens with one attached hydrogen (secondary N) is 1. The van der Waals surface area contributed by atoms with Gasteiger partial charge in [-0.2, -0.15) is 4.98 Å². The molecule has 170 valence electrons. The van der Waals surface area contributed by atoms with Crippen LogP contribution in [0, 0.1) is 13.8 Å². The van der Waals surface area contributed by atoms with Crippen LogP contribution >= 0.6 is 11.6 Å². The SMILES string of the molecule is COc1ccc(S(=O)(=O)Nc2ccc(Oc3cc(-n4ccnc4C)nc(C)n3)cc2)cc1Cl. The zero-order chi connectivity index (χ0) is 23.6. The molecule has 1 N–H and O–H groups in total. The highest BCUT2D eigenvalue weighted by Crippen LogP contribution is 2.29. The van der Waals surface area contributed by atoms with Crippen molar-refractivity contribution in [1.29, 1.82) is 0 Å². The van der Waals surface area contributed by atoms with Crippen LogP contribution in [0.5, 0.6) is 17.4 Å². The molecule has 0 aliphatic heterocycles. The third kappa shape index (κ3) is 5.07. The first-order valence-electron chi connectivity index (χ1n) is 9.75. The van der Waals surface area contributed by atoms with E-state index in [4.69, 9.17) is 21.1 Å². The normalized spacial score (nSPS) is 11.3. The standard InChI is InChI=1S/C22H20ClN5O4S/c1-14-25-21(28-11-10-24-15(28)2)13-22(26-14)32-17-6-4-16(5-7-17)27-33(29,30)18-8-9-20(31-3)19(23)12-18/h4-13,27H,1-3H3. The summed E-state index contributed by atoms with van der Waals surface area (Å²) in [6.45, 7) is 3.64. The smallest absolute Gasteiger partial charge is 0.261 e. The molecule has 0 radical (unpaired) electrons. The van der Waals surface area contributed by atoms with Crippen LogP contribution in [-0.2, 0) is 10.0 Å². The average Bonchev–Trinajstić information content (AvgIpc) is 3.20. The molecule has 11 heteroatoms. The van der Waals surface area contributed by atoms with E-state index in [2.05, 4.69) is 19.7 Å². The van der Waals surface area contributed by atoms with Crippen LogP contribution < -0.4 is 14.2 Å². The van der Waals surface area contributed by atoms with Crippen molar-refractivity contribution < 1.29 is 17.9 Å². The van der Waals surface area contributed by atoms with Gasteiger partial charge in [-0.1, -0.05) is 11.6 Å². The summed E-state index contributed by atoms with van der Waals surface area (Å²) in [5.41, 5.74) is 0.364. The van der Waals surface area contributed by atoms with E-state index >= 15 is 0 Å². The van der Waals surface area contributed by atoms with Gasteiger partial charge in [-0.15, -0.1) is 0 Å². The minimum Gasteiger partial charge on any atom is -0.495 e. The Bertz CT molecular complexity index is 1400. The van der Waals surface area contributed by atoms with Gasteiger partial charge in [0.15, 0.2) is 0 Å². The van der Waals surface area contributed by atoms with Gasteiger partial charge in [0, 0.05) is 24.1 Å². The monoisotopic (exact) mass is 485 g/mol. The Morgan fingerprint density at radius 1 is 1.03 bits per heavy atom. The molecule has 0 atom stereocenters. The van der Waals surface area contributed by atoms with Crippen LogP contribution in [0.15, 0.2) is 65.8 Å². The maximum Gasteiger partial charge on any atom is 0.261 e. The number of methoxy groups -OCH3 is 1. The van der Waals surface area contributed by atoms with Gasteiger partial charge in [-0.05, 0) is 56.3 Å². The van der Waals surface area contributed by atoms with Crippen LogP contribution in [-0.4, -0.2) is 35.0 Å². The van der Waals surface area contributed by atoms with Gasteiger partial charge < -0.3 is 9.47 Å². The molecule has 0 saturated carbocycles. The number of anilines is 1. The quantitative estimate of drug-likeness (QED) is 0.409. The van der Waals surface area contributed by atoms with Crippen molar-refractivity contribution in [2.45, 2.75) is 18.7 Å². The number of nitrogens with zero attached hydrogens (tertiary/aromatic N) is 4. The summed E-state index contributed by atoms with van der Waals surface area (Å²) in [6, 6.07) is 12.4. The molecule has 33 heavy (non-hydrogen) atoms. The van der Waals surface area contributed by atoms with Gasteiger partial charge in [0.05, 0.1) is 17.0 Å². The molecule has 0 saturated heterocycles. The van der Waals surface area contributed by atoms with Crippen molar-refractivity contribution in [3.05, 3.63) is 77.6 Å². The average molecular weight is 486 g/mol. The second-order valence-corrected chi connectivity index (χ2v) is 9.07. The Morgan fingerprint density at radius 3 is 2.42 bits per heavy atom. The van der Waals surface area contributed by atoms with Gasteiger partial charge >= 0.3 is 0 Å². The molecule has 0 spiro atoms. The highest BCUT2D eigenvalue weighted by Gasteiger charge is 2.16. The largest absolute Gasteiger partial charge is 0.495 e. The van der Waals surface area contributed by atoms with Crippen LogP contribution in [0.4, 0.5) is 5.69 Å². The molecule has 0 fully saturated rings. The zero-order valence-corrected chi connectivity index (χ0v) is 19.6. The number of hydrogen-bond acceptors (Lipinski definition) is 7. The summed E-state index contributed by atoms with van der Waals surface area (Å²) in [4.78, 5) is 13.0. The van der Waals surface area contributed by atoms with E-state index in [1.165, 1.54) is 25.3 Å². The summed E-state index contributed by atoms with van der Waals surface area (Å²) in [7, 11) is -2.38. The number of aromatic nitrogens is 4. The van der Waals surface area contributed by atoms with E-state index in [-0.39, 0.29) is 9.92 Å². The maximum atomic E-state index is 12.7. The Morgan fingerprint density at radius 2 is 1.79 bits per heavy atom. The van der Waals surface area contributed by atoms with Crippen molar-refractivity contribution in [3.63, 3.8) is 0 Å². The highest BCUT2D eigenvalue weighted by molar-refractivity contribution is 7.92. The summed E-state index contributed by atoms with van der Waals surface area (Å²) < 4.78 is 40.6. The molecule has 0 bridgehead atoms. The van der Waals surface area contributed by atoms with Crippen LogP contribution in [0.25, 0.3) is 5.82 Å². The van der Waals surface area contributed by atoms with E-state index in [0.717, 1.165) is 5.82 Å². The molecule has 0 aliphatic carbocycles. The zero-order valence-electron chi connectivity index (χ0n) is 18.0. The van der Waals surface area contributed by atoms with Gasteiger partial charge in [0.1, 0.15) is 29.0 Å². The van der Waals surface area contributed by atoms with E-state index < -0.39 is 10.0 Å². The Labute approximate surface area is 196 Å². The van der Waals surface area contributed by atoms with Gasteiger partial charge in [-0.25, -0.2) is 18.4 Å². The van der Waals surface area contributed by atoms with Gasteiger partial charge in [0.25, 0.3) is 10.0 Å². The van der Waals surface area contributed by atoms with Crippen LogP contribution in [0.2, 0.25) is 5.02 Å².